The molecule has 34 heavy (non-hydrogen) atoms. The largest absolute Gasteiger partial charge is 0.378 e. The summed E-state index contributed by atoms with van der Waals surface area (Å²) in [6.07, 6.45) is 5.56. The van der Waals surface area contributed by atoms with Crippen molar-refractivity contribution < 1.29 is 4.74 Å². The molecular weight excluding hydrogens is 448 g/mol. The smallest absolute Gasteiger partial charge is 0.226 e. The fourth-order valence-electron chi connectivity index (χ4n) is 4.21. The molecule has 2 aromatic heterocycles. The Labute approximate surface area is 204 Å². The van der Waals surface area contributed by atoms with Crippen LogP contribution in [0.4, 0.5) is 11.9 Å². The number of benzene rings is 1. The van der Waals surface area contributed by atoms with Gasteiger partial charge in [-0.15, -0.1) is 0 Å². The molecule has 0 atom stereocenters. The van der Waals surface area contributed by atoms with Gasteiger partial charge in [0.2, 0.25) is 11.9 Å². The van der Waals surface area contributed by atoms with E-state index in [1.54, 1.807) is 12.4 Å². The maximum Gasteiger partial charge on any atom is 0.226 e. The van der Waals surface area contributed by atoms with Gasteiger partial charge in [-0.05, 0) is 17.9 Å². The van der Waals surface area contributed by atoms with Crippen LogP contribution in [0.2, 0.25) is 0 Å². The van der Waals surface area contributed by atoms with E-state index in [1.165, 1.54) is 5.56 Å². The van der Waals surface area contributed by atoms with Gasteiger partial charge in [0.25, 0.3) is 0 Å². The van der Waals surface area contributed by atoms with Crippen molar-refractivity contribution in [2.45, 2.75) is 6.54 Å². The van der Waals surface area contributed by atoms with Gasteiger partial charge < -0.3 is 15.4 Å². The summed E-state index contributed by atoms with van der Waals surface area (Å²) in [6.45, 7) is 8.29. The summed E-state index contributed by atoms with van der Waals surface area (Å²) >= 11 is 1.84. The van der Waals surface area contributed by atoms with Gasteiger partial charge in [-0.25, -0.2) is 24.2 Å². The topological polar surface area (TPSA) is 96.5 Å². The maximum atomic E-state index is 5.68. The van der Waals surface area contributed by atoms with Crippen LogP contribution in [0.1, 0.15) is 5.56 Å². The SMILES string of the molecule is CSN1CCN(Cc2ccc(-c3cc(-c4cnc(N)nc4)nc(N4CCOCC4)n3)cc2)CC1. The Kier molecular flexibility index (Phi) is 7.19. The van der Waals surface area contributed by atoms with Crippen LogP contribution >= 0.6 is 11.9 Å². The molecule has 4 heterocycles. The monoisotopic (exact) mass is 478 g/mol. The zero-order valence-electron chi connectivity index (χ0n) is 19.4. The molecule has 2 fully saturated rings. The van der Waals surface area contributed by atoms with Gasteiger partial charge in [-0.3, -0.25) is 4.90 Å². The molecule has 2 aliphatic heterocycles. The second-order valence-corrected chi connectivity index (χ2v) is 9.33. The first-order valence-corrected chi connectivity index (χ1v) is 12.8. The molecule has 2 N–H and O–H groups in total. The van der Waals surface area contributed by atoms with Crippen LogP contribution in [0.3, 0.4) is 0 Å². The predicted octanol–water partition coefficient (Wildman–Crippen LogP) is 2.42. The molecular formula is C24H30N8OS. The minimum atomic E-state index is 0.247. The lowest BCUT2D eigenvalue weighted by Crippen LogP contribution is -2.42. The van der Waals surface area contributed by atoms with Crippen molar-refractivity contribution in [2.75, 3.05) is 69.4 Å². The fourth-order valence-corrected chi connectivity index (χ4v) is 4.74. The number of nitrogen functional groups attached to an aromatic ring is 1. The van der Waals surface area contributed by atoms with Gasteiger partial charge in [0.15, 0.2) is 0 Å². The van der Waals surface area contributed by atoms with E-state index in [1.807, 2.05) is 18.0 Å². The number of aromatic nitrogens is 4. The molecule has 10 heteroatoms. The first-order chi connectivity index (χ1) is 16.7. The van der Waals surface area contributed by atoms with Gasteiger partial charge in [-0.1, -0.05) is 36.2 Å². The molecule has 5 rings (SSSR count). The highest BCUT2D eigenvalue weighted by Gasteiger charge is 2.18. The summed E-state index contributed by atoms with van der Waals surface area (Å²) in [5, 5.41) is 0. The lowest BCUT2D eigenvalue weighted by Gasteiger charge is -2.33. The first kappa shape index (κ1) is 23.0. The molecule has 9 nitrogen and oxygen atoms in total. The third-order valence-electron chi connectivity index (χ3n) is 6.22. The Morgan fingerprint density at radius 3 is 2.18 bits per heavy atom. The molecule has 0 bridgehead atoms. The highest BCUT2D eigenvalue weighted by molar-refractivity contribution is 7.96. The minimum absolute atomic E-state index is 0.247. The summed E-state index contributed by atoms with van der Waals surface area (Å²) in [6, 6.07) is 10.7. The Morgan fingerprint density at radius 2 is 1.53 bits per heavy atom. The summed E-state index contributed by atoms with van der Waals surface area (Å²) < 4.78 is 7.93. The van der Waals surface area contributed by atoms with E-state index in [2.05, 4.69) is 54.6 Å². The van der Waals surface area contributed by atoms with Crippen LogP contribution in [0, 0.1) is 0 Å². The molecule has 0 aliphatic carbocycles. The number of piperazine rings is 1. The van der Waals surface area contributed by atoms with Crippen LogP contribution in [0.25, 0.3) is 22.5 Å². The fraction of sp³-hybridized carbons (Fsp3) is 0.417. The number of morpholine rings is 1. The second kappa shape index (κ2) is 10.6. The summed E-state index contributed by atoms with van der Waals surface area (Å²) in [7, 11) is 0. The van der Waals surface area contributed by atoms with Crippen LogP contribution < -0.4 is 10.6 Å². The zero-order chi connectivity index (χ0) is 23.3. The van der Waals surface area contributed by atoms with Crippen LogP contribution in [-0.2, 0) is 11.3 Å². The van der Waals surface area contributed by atoms with Crippen molar-refractivity contribution in [1.82, 2.24) is 29.1 Å². The average molecular weight is 479 g/mol. The Bertz CT molecular complexity index is 1080. The normalized spacial score (nSPS) is 17.7. The van der Waals surface area contributed by atoms with Crippen LogP contribution in [0.5, 0.6) is 0 Å². The number of nitrogens with zero attached hydrogens (tertiary/aromatic N) is 7. The summed E-state index contributed by atoms with van der Waals surface area (Å²) in [5.74, 6) is 0.945. The van der Waals surface area contributed by atoms with Crippen molar-refractivity contribution in [1.29, 1.82) is 0 Å². The molecule has 178 valence electrons. The number of hydrogen-bond acceptors (Lipinski definition) is 10. The number of ether oxygens (including phenoxy) is 1. The van der Waals surface area contributed by atoms with Gasteiger partial charge in [0.05, 0.1) is 24.6 Å². The van der Waals surface area contributed by atoms with Gasteiger partial charge in [0, 0.05) is 69.3 Å². The van der Waals surface area contributed by atoms with E-state index < -0.39 is 0 Å². The van der Waals surface area contributed by atoms with Crippen LogP contribution in [-0.4, -0.2) is 87.9 Å². The predicted molar refractivity (Wildman–Crippen MR) is 136 cm³/mol. The Morgan fingerprint density at radius 1 is 0.882 bits per heavy atom. The van der Waals surface area contributed by atoms with Crippen molar-refractivity contribution >= 4 is 23.8 Å². The van der Waals surface area contributed by atoms with Crippen molar-refractivity contribution in [3.63, 3.8) is 0 Å². The zero-order valence-corrected chi connectivity index (χ0v) is 20.2. The molecule has 2 saturated heterocycles. The standard InChI is InChI=1S/C24H30N8OS/c1-34-32-8-6-30(7-9-32)17-18-2-4-19(5-3-18)21-14-22(20-15-26-23(25)27-16-20)29-24(28-21)31-10-12-33-13-11-31/h2-5,14-16H,6-13,17H2,1H3,(H2,25,26,27). The number of hydrogen-bond donors (Lipinski definition) is 1. The lowest BCUT2D eigenvalue weighted by atomic mass is 10.1. The highest BCUT2D eigenvalue weighted by atomic mass is 32.2. The number of anilines is 2. The third kappa shape index (κ3) is 5.47. The summed E-state index contributed by atoms with van der Waals surface area (Å²) in [4.78, 5) is 22.7. The van der Waals surface area contributed by atoms with E-state index in [-0.39, 0.29) is 5.95 Å². The molecule has 0 radical (unpaired) electrons. The Balaban J connectivity index is 1.39. The third-order valence-corrected chi connectivity index (χ3v) is 7.10. The van der Waals surface area contributed by atoms with Crippen molar-refractivity contribution in [2.24, 2.45) is 0 Å². The Hall–Kier alpha value is -2.79. The van der Waals surface area contributed by atoms with Gasteiger partial charge in [-0.2, -0.15) is 0 Å². The number of nitrogens with two attached hydrogens (primary N) is 1. The molecule has 0 saturated carbocycles. The minimum Gasteiger partial charge on any atom is -0.378 e. The first-order valence-electron chi connectivity index (χ1n) is 11.6. The van der Waals surface area contributed by atoms with E-state index in [9.17, 15) is 0 Å². The molecule has 3 aromatic rings. The number of rotatable bonds is 6. The molecule has 0 spiro atoms. The van der Waals surface area contributed by atoms with E-state index in [0.717, 1.165) is 68.3 Å². The van der Waals surface area contributed by atoms with Crippen molar-refractivity contribution in [3.05, 3.63) is 48.3 Å². The molecule has 0 amide bonds. The molecule has 2 aliphatic rings. The van der Waals surface area contributed by atoms with E-state index in [0.29, 0.717) is 19.2 Å². The van der Waals surface area contributed by atoms with Gasteiger partial charge >= 0.3 is 0 Å². The van der Waals surface area contributed by atoms with E-state index >= 15 is 0 Å². The van der Waals surface area contributed by atoms with Crippen molar-refractivity contribution in [3.8, 4) is 22.5 Å². The summed E-state index contributed by atoms with van der Waals surface area (Å²) in [5.41, 5.74) is 10.5. The van der Waals surface area contributed by atoms with Gasteiger partial charge in [0.1, 0.15) is 0 Å². The highest BCUT2D eigenvalue weighted by Crippen LogP contribution is 2.27. The maximum absolute atomic E-state index is 5.68. The lowest BCUT2D eigenvalue weighted by molar-refractivity contribution is 0.122. The van der Waals surface area contributed by atoms with E-state index in [4.69, 9.17) is 20.4 Å². The quantitative estimate of drug-likeness (QED) is 0.532. The molecule has 1 aromatic carbocycles. The van der Waals surface area contributed by atoms with Crippen LogP contribution in [0.15, 0.2) is 42.7 Å². The second-order valence-electron chi connectivity index (χ2n) is 8.45. The molecule has 0 unspecified atom stereocenters. The average Bonchev–Trinajstić information content (AvgIpc) is 2.90.